The second kappa shape index (κ2) is 17.0. The molecule has 30 heavy (non-hydrogen) atoms. The molecule has 0 N–H and O–H groups in total. The quantitative estimate of drug-likeness (QED) is 0.148. The maximum absolute atomic E-state index is 12.1. The first-order valence-electron chi connectivity index (χ1n) is 12.0. The summed E-state index contributed by atoms with van der Waals surface area (Å²) in [4.78, 5) is 11.2. The lowest BCUT2D eigenvalue weighted by Gasteiger charge is -2.33. The Balaban J connectivity index is 3.57. The standard InChI is InChI=1S/C23H47NO5S/c1-5-6-7-8-9-10-11-12-13-14-15-16-17-18-19-20-21-29-30(27,28)22(23(25)26)24(2,3)4/h22H,5-21H2,1-4H3. The molecule has 0 saturated carbocycles. The van der Waals surface area contributed by atoms with Crippen LogP contribution in [0.4, 0.5) is 0 Å². The van der Waals surface area contributed by atoms with Crippen molar-refractivity contribution in [3.63, 3.8) is 0 Å². The van der Waals surface area contributed by atoms with E-state index in [9.17, 15) is 18.3 Å². The van der Waals surface area contributed by atoms with Crippen LogP contribution in [0.15, 0.2) is 0 Å². The SMILES string of the molecule is CCCCCCCCCCCCCCCCCCOS(=O)(=O)C(C(=O)[O-])[N+](C)(C)C. The van der Waals surface area contributed by atoms with Crippen molar-refractivity contribution in [3.05, 3.63) is 0 Å². The summed E-state index contributed by atoms with van der Waals surface area (Å²) in [5.74, 6) is -1.63. The Kier molecular flexibility index (Phi) is 16.6. The van der Waals surface area contributed by atoms with Gasteiger partial charge in [0.1, 0.15) is 5.97 Å². The van der Waals surface area contributed by atoms with Gasteiger partial charge >= 0.3 is 10.1 Å². The number of nitrogens with zero attached hydrogens (tertiary/aromatic N) is 1. The lowest BCUT2D eigenvalue weighted by Crippen LogP contribution is -2.59. The van der Waals surface area contributed by atoms with Crippen molar-refractivity contribution >= 4 is 16.1 Å². The Labute approximate surface area is 186 Å². The molecule has 0 rings (SSSR count). The summed E-state index contributed by atoms with van der Waals surface area (Å²) in [5, 5.41) is 9.48. The molecule has 0 aliphatic rings. The van der Waals surface area contributed by atoms with Gasteiger partial charge in [0, 0.05) is 0 Å². The summed E-state index contributed by atoms with van der Waals surface area (Å²) in [5.41, 5.74) is 0. The number of carboxylic acid groups (broad SMARTS) is 1. The highest BCUT2D eigenvalue weighted by molar-refractivity contribution is 7.87. The van der Waals surface area contributed by atoms with E-state index < -0.39 is 21.5 Å². The first-order valence-corrected chi connectivity index (χ1v) is 13.5. The Hall–Kier alpha value is -0.660. The maximum Gasteiger partial charge on any atom is 0.327 e. The molecule has 0 bridgehead atoms. The number of rotatable bonds is 21. The number of carboxylic acids is 1. The zero-order valence-electron chi connectivity index (χ0n) is 20.0. The molecule has 1 unspecified atom stereocenters. The molecule has 0 aliphatic heterocycles. The van der Waals surface area contributed by atoms with E-state index in [2.05, 4.69) is 6.92 Å². The highest BCUT2D eigenvalue weighted by Gasteiger charge is 2.39. The number of carbonyl (C=O) groups excluding carboxylic acids is 1. The Morgan fingerprint density at radius 3 is 1.37 bits per heavy atom. The number of hydrogen-bond donors (Lipinski definition) is 0. The molecule has 180 valence electrons. The molecule has 7 heteroatoms. The molecular weight excluding hydrogens is 402 g/mol. The third-order valence-electron chi connectivity index (χ3n) is 5.42. The van der Waals surface area contributed by atoms with Crippen LogP contribution in [0.1, 0.15) is 110 Å². The average Bonchev–Trinajstić information content (AvgIpc) is 2.62. The number of carbonyl (C=O) groups is 1. The van der Waals surface area contributed by atoms with Crippen molar-refractivity contribution in [2.75, 3.05) is 27.7 Å². The van der Waals surface area contributed by atoms with Crippen LogP contribution in [0.3, 0.4) is 0 Å². The predicted octanol–water partition coefficient (Wildman–Crippen LogP) is 4.38. The summed E-state index contributed by atoms with van der Waals surface area (Å²) in [6, 6.07) is 0. The number of quaternary nitrogens is 1. The molecule has 0 fully saturated rings. The van der Waals surface area contributed by atoms with Gasteiger partial charge in [-0.3, -0.25) is 4.18 Å². The molecule has 0 amide bonds. The molecular formula is C23H47NO5S. The zero-order valence-corrected chi connectivity index (χ0v) is 20.8. The van der Waals surface area contributed by atoms with Crippen molar-refractivity contribution in [2.45, 2.75) is 115 Å². The normalized spacial score (nSPS) is 13.5. The van der Waals surface area contributed by atoms with E-state index in [1.54, 1.807) is 0 Å². The number of likely N-dealkylation sites (N-methyl/N-ethyl adjacent to an activating group) is 1. The van der Waals surface area contributed by atoms with Crippen molar-refractivity contribution in [3.8, 4) is 0 Å². The second-order valence-electron chi connectivity index (χ2n) is 9.41. The van der Waals surface area contributed by atoms with E-state index in [1.807, 2.05) is 0 Å². The van der Waals surface area contributed by atoms with E-state index in [4.69, 9.17) is 4.18 Å². The molecule has 0 aromatic carbocycles. The third kappa shape index (κ3) is 15.2. The van der Waals surface area contributed by atoms with E-state index in [-0.39, 0.29) is 11.1 Å². The monoisotopic (exact) mass is 449 g/mol. The lowest BCUT2D eigenvalue weighted by atomic mass is 10.0. The van der Waals surface area contributed by atoms with E-state index in [1.165, 1.54) is 98.2 Å². The molecule has 0 aliphatic carbocycles. The highest BCUT2D eigenvalue weighted by Crippen LogP contribution is 2.15. The van der Waals surface area contributed by atoms with Gasteiger partial charge < -0.3 is 14.4 Å². The van der Waals surface area contributed by atoms with Crippen LogP contribution in [0.5, 0.6) is 0 Å². The van der Waals surface area contributed by atoms with Crippen LogP contribution in [-0.4, -0.2) is 52.0 Å². The van der Waals surface area contributed by atoms with Crippen LogP contribution >= 0.6 is 0 Å². The molecule has 0 aromatic heterocycles. The smallest absolute Gasteiger partial charge is 0.327 e. The van der Waals surface area contributed by atoms with Gasteiger partial charge in [-0.15, -0.1) is 0 Å². The minimum Gasteiger partial charge on any atom is -0.543 e. The summed E-state index contributed by atoms with van der Waals surface area (Å²) in [6.45, 7) is 2.29. The summed E-state index contributed by atoms with van der Waals surface area (Å²) in [6.07, 6.45) is 19.9. The van der Waals surface area contributed by atoms with Gasteiger partial charge in [0.15, 0.2) is 0 Å². The van der Waals surface area contributed by atoms with Gasteiger partial charge in [-0.2, -0.15) is 8.42 Å². The van der Waals surface area contributed by atoms with Gasteiger partial charge in [0.25, 0.3) is 5.37 Å². The van der Waals surface area contributed by atoms with Gasteiger partial charge in [-0.1, -0.05) is 103 Å². The molecule has 0 saturated heterocycles. The molecule has 0 spiro atoms. The first-order chi connectivity index (χ1) is 14.1. The van der Waals surface area contributed by atoms with Gasteiger partial charge in [0.2, 0.25) is 0 Å². The van der Waals surface area contributed by atoms with Crippen LogP contribution in [0.2, 0.25) is 0 Å². The van der Waals surface area contributed by atoms with Crippen molar-refractivity contribution in [1.29, 1.82) is 0 Å². The Bertz CT molecular complexity index is 528. The number of aliphatic carboxylic acids is 1. The van der Waals surface area contributed by atoms with Gasteiger partial charge in [0.05, 0.1) is 27.7 Å². The van der Waals surface area contributed by atoms with Crippen LogP contribution in [-0.2, 0) is 19.1 Å². The number of unbranched alkanes of at least 4 members (excludes halogenated alkanes) is 15. The third-order valence-corrected chi connectivity index (χ3v) is 7.29. The highest BCUT2D eigenvalue weighted by atomic mass is 32.2. The largest absolute Gasteiger partial charge is 0.543 e. The van der Waals surface area contributed by atoms with Gasteiger partial charge in [-0.05, 0) is 6.42 Å². The Morgan fingerprint density at radius 2 is 1.07 bits per heavy atom. The summed E-state index contributed by atoms with van der Waals surface area (Å²) in [7, 11) is 0.298. The molecule has 6 nitrogen and oxygen atoms in total. The molecule has 1 atom stereocenters. The van der Waals surface area contributed by atoms with Crippen LogP contribution in [0.25, 0.3) is 0 Å². The van der Waals surface area contributed by atoms with E-state index >= 15 is 0 Å². The first kappa shape index (κ1) is 29.3. The van der Waals surface area contributed by atoms with Crippen molar-refractivity contribution < 1.29 is 27.0 Å². The van der Waals surface area contributed by atoms with Crippen LogP contribution in [0, 0.1) is 0 Å². The second-order valence-corrected chi connectivity index (χ2v) is 11.1. The fourth-order valence-electron chi connectivity index (χ4n) is 3.71. The summed E-state index contributed by atoms with van der Waals surface area (Å²) >= 11 is 0. The fraction of sp³-hybridized carbons (Fsp3) is 0.957. The zero-order chi connectivity index (χ0) is 22.9. The maximum atomic E-state index is 12.1. The summed E-state index contributed by atoms with van der Waals surface area (Å²) < 4.78 is 28.9. The topological polar surface area (TPSA) is 83.5 Å². The fourth-order valence-corrected chi connectivity index (χ4v) is 5.20. The van der Waals surface area contributed by atoms with Crippen molar-refractivity contribution in [2.24, 2.45) is 0 Å². The van der Waals surface area contributed by atoms with Gasteiger partial charge in [-0.25, -0.2) is 0 Å². The minimum atomic E-state index is -4.19. The average molecular weight is 450 g/mol. The van der Waals surface area contributed by atoms with Crippen molar-refractivity contribution in [1.82, 2.24) is 0 Å². The minimum absolute atomic E-state index is 0.0323. The Morgan fingerprint density at radius 1 is 0.733 bits per heavy atom. The lowest BCUT2D eigenvalue weighted by molar-refractivity contribution is -0.875. The van der Waals surface area contributed by atoms with E-state index in [0.717, 1.165) is 19.3 Å². The molecule has 0 radical (unpaired) electrons. The van der Waals surface area contributed by atoms with E-state index in [0.29, 0.717) is 6.42 Å². The number of hydrogen-bond acceptors (Lipinski definition) is 5. The van der Waals surface area contributed by atoms with Crippen LogP contribution < -0.4 is 5.11 Å². The molecule has 0 aromatic rings. The molecule has 0 heterocycles. The predicted molar refractivity (Wildman–Crippen MR) is 121 cm³/mol.